The molecule has 0 aromatic heterocycles. The van der Waals surface area contributed by atoms with Crippen molar-refractivity contribution in [2.24, 2.45) is 11.1 Å². The maximum atomic E-state index is 12.1. The molecule has 1 aliphatic rings. The SMILES string of the molecule is Cc1cccc(C(=O)NCC2(CN)CC2)c1C. The molecule has 1 saturated carbocycles. The van der Waals surface area contributed by atoms with Gasteiger partial charge in [-0.2, -0.15) is 0 Å². The molecule has 0 spiro atoms. The summed E-state index contributed by atoms with van der Waals surface area (Å²) in [5.74, 6) is 0.0194. The molecule has 1 amide bonds. The van der Waals surface area contributed by atoms with E-state index in [1.54, 1.807) is 0 Å². The van der Waals surface area contributed by atoms with Crippen molar-refractivity contribution in [1.29, 1.82) is 0 Å². The van der Waals surface area contributed by atoms with Crippen LogP contribution in [0, 0.1) is 19.3 Å². The van der Waals surface area contributed by atoms with Crippen molar-refractivity contribution in [2.75, 3.05) is 13.1 Å². The predicted molar refractivity (Wildman–Crippen MR) is 69.0 cm³/mol. The third-order valence-corrected chi connectivity index (χ3v) is 3.86. The van der Waals surface area contributed by atoms with Crippen LogP contribution in [-0.4, -0.2) is 19.0 Å². The van der Waals surface area contributed by atoms with E-state index in [1.165, 1.54) is 0 Å². The maximum Gasteiger partial charge on any atom is 0.251 e. The standard InChI is InChI=1S/C14H20N2O/c1-10-4-3-5-12(11(10)2)13(17)16-9-14(8-15)6-7-14/h3-5H,6-9,15H2,1-2H3,(H,16,17). The lowest BCUT2D eigenvalue weighted by Gasteiger charge is -2.14. The molecule has 3 nitrogen and oxygen atoms in total. The second kappa shape index (κ2) is 4.49. The molecule has 3 N–H and O–H groups in total. The summed E-state index contributed by atoms with van der Waals surface area (Å²) in [6.45, 7) is 5.38. The van der Waals surface area contributed by atoms with Crippen LogP contribution in [0.4, 0.5) is 0 Å². The fourth-order valence-electron chi connectivity index (χ4n) is 1.99. The quantitative estimate of drug-likeness (QED) is 0.831. The predicted octanol–water partition coefficient (Wildman–Crippen LogP) is 1.77. The van der Waals surface area contributed by atoms with Crippen LogP contribution in [0.15, 0.2) is 18.2 Å². The Morgan fingerprint density at radius 1 is 1.41 bits per heavy atom. The number of carbonyl (C=O) groups is 1. The Balaban J connectivity index is 2.02. The van der Waals surface area contributed by atoms with Crippen LogP contribution in [0.2, 0.25) is 0 Å². The maximum absolute atomic E-state index is 12.1. The number of hydrogen-bond acceptors (Lipinski definition) is 2. The first kappa shape index (κ1) is 12.1. The van der Waals surface area contributed by atoms with E-state index >= 15 is 0 Å². The van der Waals surface area contributed by atoms with E-state index in [-0.39, 0.29) is 11.3 Å². The molecule has 17 heavy (non-hydrogen) atoms. The zero-order valence-electron chi connectivity index (χ0n) is 10.5. The smallest absolute Gasteiger partial charge is 0.251 e. The Morgan fingerprint density at radius 3 is 2.71 bits per heavy atom. The lowest BCUT2D eigenvalue weighted by molar-refractivity contribution is 0.0944. The molecule has 0 saturated heterocycles. The molecule has 0 bridgehead atoms. The Morgan fingerprint density at radius 2 is 2.12 bits per heavy atom. The first-order valence-corrected chi connectivity index (χ1v) is 6.12. The fourth-order valence-corrected chi connectivity index (χ4v) is 1.99. The van der Waals surface area contributed by atoms with Crippen LogP contribution < -0.4 is 11.1 Å². The van der Waals surface area contributed by atoms with Gasteiger partial charge in [0.05, 0.1) is 0 Å². The molecule has 0 unspecified atom stereocenters. The summed E-state index contributed by atoms with van der Waals surface area (Å²) in [5.41, 5.74) is 8.87. The van der Waals surface area contributed by atoms with Crippen molar-refractivity contribution < 1.29 is 4.79 Å². The van der Waals surface area contributed by atoms with Crippen molar-refractivity contribution in [3.05, 3.63) is 34.9 Å². The number of aryl methyl sites for hydroxylation is 1. The van der Waals surface area contributed by atoms with Gasteiger partial charge in [-0.3, -0.25) is 4.79 Å². The molecular formula is C14H20N2O. The lowest BCUT2D eigenvalue weighted by Crippen LogP contribution is -2.34. The Hall–Kier alpha value is -1.35. The van der Waals surface area contributed by atoms with Gasteiger partial charge < -0.3 is 11.1 Å². The molecular weight excluding hydrogens is 212 g/mol. The lowest BCUT2D eigenvalue weighted by atomic mass is 10.0. The third-order valence-electron chi connectivity index (χ3n) is 3.86. The second-order valence-corrected chi connectivity index (χ2v) is 5.13. The second-order valence-electron chi connectivity index (χ2n) is 5.13. The molecule has 1 fully saturated rings. The molecule has 0 heterocycles. The Labute approximate surface area is 102 Å². The van der Waals surface area contributed by atoms with Crippen molar-refractivity contribution in [3.8, 4) is 0 Å². The summed E-state index contributed by atoms with van der Waals surface area (Å²) >= 11 is 0. The van der Waals surface area contributed by atoms with E-state index in [2.05, 4.69) is 5.32 Å². The molecule has 1 aromatic rings. The summed E-state index contributed by atoms with van der Waals surface area (Å²) in [7, 11) is 0. The molecule has 1 aromatic carbocycles. The van der Waals surface area contributed by atoms with Crippen LogP contribution in [0.25, 0.3) is 0 Å². The first-order chi connectivity index (χ1) is 8.08. The van der Waals surface area contributed by atoms with Crippen molar-refractivity contribution >= 4 is 5.91 Å². The van der Waals surface area contributed by atoms with Crippen LogP contribution in [-0.2, 0) is 0 Å². The minimum absolute atomic E-state index is 0.0194. The summed E-state index contributed by atoms with van der Waals surface area (Å²) < 4.78 is 0. The van der Waals surface area contributed by atoms with Crippen LogP contribution in [0.3, 0.4) is 0 Å². The zero-order valence-corrected chi connectivity index (χ0v) is 10.5. The van der Waals surface area contributed by atoms with Gasteiger partial charge in [-0.05, 0) is 50.4 Å². The number of amides is 1. The summed E-state index contributed by atoms with van der Waals surface area (Å²) in [5, 5.41) is 3.00. The van der Waals surface area contributed by atoms with Crippen LogP contribution in [0.1, 0.15) is 34.3 Å². The summed E-state index contributed by atoms with van der Waals surface area (Å²) in [6.07, 6.45) is 2.27. The minimum atomic E-state index is 0.0194. The molecule has 0 aliphatic heterocycles. The number of nitrogens with two attached hydrogens (primary N) is 1. The van der Waals surface area contributed by atoms with Gasteiger partial charge in [0.1, 0.15) is 0 Å². The average molecular weight is 232 g/mol. The molecule has 1 aliphatic carbocycles. The molecule has 3 heteroatoms. The molecule has 0 radical (unpaired) electrons. The molecule has 2 rings (SSSR count). The van der Waals surface area contributed by atoms with E-state index in [1.807, 2.05) is 32.0 Å². The monoisotopic (exact) mass is 232 g/mol. The van der Waals surface area contributed by atoms with Gasteiger partial charge in [-0.25, -0.2) is 0 Å². The van der Waals surface area contributed by atoms with Crippen LogP contribution >= 0.6 is 0 Å². The highest BCUT2D eigenvalue weighted by atomic mass is 16.1. The minimum Gasteiger partial charge on any atom is -0.351 e. The highest BCUT2D eigenvalue weighted by Gasteiger charge is 2.41. The Kier molecular flexibility index (Phi) is 3.20. The van der Waals surface area contributed by atoms with Crippen molar-refractivity contribution in [2.45, 2.75) is 26.7 Å². The zero-order chi connectivity index (χ0) is 12.5. The fraction of sp³-hybridized carbons (Fsp3) is 0.500. The van der Waals surface area contributed by atoms with E-state index in [0.29, 0.717) is 13.1 Å². The number of rotatable bonds is 4. The molecule has 92 valence electrons. The number of hydrogen-bond donors (Lipinski definition) is 2. The van der Waals surface area contributed by atoms with E-state index < -0.39 is 0 Å². The van der Waals surface area contributed by atoms with Gasteiger partial charge in [0.15, 0.2) is 0 Å². The number of carbonyl (C=O) groups excluding carboxylic acids is 1. The van der Waals surface area contributed by atoms with Gasteiger partial charge >= 0.3 is 0 Å². The topological polar surface area (TPSA) is 55.1 Å². The van der Waals surface area contributed by atoms with Crippen molar-refractivity contribution in [3.63, 3.8) is 0 Å². The van der Waals surface area contributed by atoms with E-state index in [9.17, 15) is 4.79 Å². The van der Waals surface area contributed by atoms with Gasteiger partial charge in [0.25, 0.3) is 5.91 Å². The van der Waals surface area contributed by atoms with Crippen molar-refractivity contribution in [1.82, 2.24) is 5.32 Å². The Bertz CT molecular complexity index is 436. The molecule has 0 atom stereocenters. The normalized spacial score (nSPS) is 16.6. The average Bonchev–Trinajstić information content (AvgIpc) is 3.10. The third kappa shape index (κ3) is 2.50. The highest BCUT2D eigenvalue weighted by Crippen LogP contribution is 2.43. The number of nitrogens with one attached hydrogen (secondary N) is 1. The number of benzene rings is 1. The van der Waals surface area contributed by atoms with Gasteiger partial charge in [-0.15, -0.1) is 0 Å². The summed E-state index contributed by atoms with van der Waals surface area (Å²) in [4.78, 5) is 12.1. The van der Waals surface area contributed by atoms with Gasteiger partial charge in [-0.1, -0.05) is 12.1 Å². The first-order valence-electron chi connectivity index (χ1n) is 6.12. The largest absolute Gasteiger partial charge is 0.351 e. The highest BCUT2D eigenvalue weighted by molar-refractivity contribution is 5.95. The van der Waals surface area contributed by atoms with Crippen LogP contribution in [0.5, 0.6) is 0 Å². The van der Waals surface area contributed by atoms with Gasteiger partial charge in [0.2, 0.25) is 0 Å². The van der Waals surface area contributed by atoms with E-state index in [4.69, 9.17) is 5.73 Å². The summed E-state index contributed by atoms with van der Waals surface area (Å²) in [6, 6.07) is 5.82. The van der Waals surface area contributed by atoms with E-state index in [0.717, 1.165) is 29.5 Å². The van der Waals surface area contributed by atoms with Gasteiger partial charge in [0, 0.05) is 17.5 Å².